The number of hydrogen-bond acceptors (Lipinski definition) is 8. The number of aromatic nitrogens is 5. The summed E-state index contributed by atoms with van der Waals surface area (Å²) in [5.74, 6) is 0.178. The predicted octanol–water partition coefficient (Wildman–Crippen LogP) is 1.66. The second-order valence-electron chi connectivity index (χ2n) is 9.44. The monoisotopic (exact) mass is 552 g/mol. The van der Waals surface area contributed by atoms with Gasteiger partial charge in [0.25, 0.3) is 15.6 Å². The summed E-state index contributed by atoms with van der Waals surface area (Å²) in [5, 5.41) is 18.3. The van der Waals surface area contributed by atoms with Crippen LogP contribution in [-0.2, 0) is 21.3 Å². The van der Waals surface area contributed by atoms with E-state index in [1.54, 1.807) is 31.2 Å². The van der Waals surface area contributed by atoms with Crippen molar-refractivity contribution in [2.75, 3.05) is 10.9 Å². The molecule has 3 heterocycles. The fourth-order valence-corrected chi connectivity index (χ4v) is 6.07. The zero-order valence-corrected chi connectivity index (χ0v) is 22.2. The van der Waals surface area contributed by atoms with E-state index < -0.39 is 46.3 Å². The Morgan fingerprint density at radius 3 is 2.51 bits per heavy atom. The van der Waals surface area contributed by atoms with E-state index in [-0.39, 0.29) is 23.7 Å². The largest absolute Gasteiger partial charge is 0.394 e. The smallest absolute Gasteiger partial charge is 0.330 e. The molecule has 1 fully saturated rings. The van der Waals surface area contributed by atoms with E-state index in [1.807, 2.05) is 37.3 Å². The average Bonchev–Trinajstić information content (AvgIpc) is 3.57. The maximum absolute atomic E-state index is 14.0. The number of aromatic amines is 1. The van der Waals surface area contributed by atoms with Crippen molar-refractivity contribution in [3.8, 4) is 0 Å². The van der Waals surface area contributed by atoms with E-state index in [9.17, 15) is 23.1 Å². The van der Waals surface area contributed by atoms with E-state index in [4.69, 9.17) is 4.74 Å². The van der Waals surface area contributed by atoms with E-state index >= 15 is 0 Å². The Hall–Kier alpha value is -4.07. The van der Waals surface area contributed by atoms with Crippen molar-refractivity contribution in [2.45, 2.75) is 50.1 Å². The zero-order chi connectivity index (χ0) is 27.7. The fraction of sp³-hybridized carbons (Fsp3) is 0.308. The molecule has 1 aliphatic heterocycles. The van der Waals surface area contributed by atoms with Gasteiger partial charge in [-0.25, -0.2) is 22.2 Å². The van der Waals surface area contributed by atoms with Crippen LogP contribution in [0.25, 0.3) is 0 Å². The lowest BCUT2D eigenvalue weighted by molar-refractivity contribution is -0.0322. The molecule has 204 valence electrons. The van der Waals surface area contributed by atoms with Crippen LogP contribution in [0.1, 0.15) is 35.4 Å². The first-order valence-electron chi connectivity index (χ1n) is 12.3. The Morgan fingerprint density at radius 1 is 1.10 bits per heavy atom. The first-order chi connectivity index (χ1) is 18.7. The molecule has 12 nitrogen and oxygen atoms in total. The maximum Gasteiger partial charge on any atom is 0.330 e. The van der Waals surface area contributed by atoms with Crippen molar-refractivity contribution in [1.82, 2.24) is 24.5 Å². The number of benzene rings is 2. The molecule has 5 rings (SSSR count). The topological polar surface area (TPSA) is 152 Å². The molecule has 0 amide bonds. The molecule has 0 radical (unpaired) electrons. The Morgan fingerprint density at radius 2 is 1.82 bits per heavy atom. The van der Waals surface area contributed by atoms with Crippen molar-refractivity contribution in [3.05, 3.63) is 105 Å². The van der Waals surface area contributed by atoms with Crippen LogP contribution in [0.5, 0.6) is 0 Å². The summed E-state index contributed by atoms with van der Waals surface area (Å²) >= 11 is 0. The van der Waals surface area contributed by atoms with Crippen LogP contribution in [0, 0.1) is 13.8 Å². The van der Waals surface area contributed by atoms with Gasteiger partial charge in [-0.1, -0.05) is 53.2 Å². The molecule has 4 aromatic rings. The molecule has 2 aromatic carbocycles. The minimum atomic E-state index is -4.06. The zero-order valence-electron chi connectivity index (χ0n) is 21.3. The molecule has 0 bridgehead atoms. The summed E-state index contributed by atoms with van der Waals surface area (Å²) in [6.07, 6.45) is 1.26. The van der Waals surface area contributed by atoms with Crippen LogP contribution >= 0.6 is 0 Å². The van der Waals surface area contributed by atoms with Crippen molar-refractivity contribution >= 4 is 15.8 Å². The number of anilines is 1. The van der Waals surface area contributed by atoms with Gasteiger partial charge < -0.3 is 9.84 Å². The number of aliphatic hydroxyl groups excluding tert-OH is 1. The van der Waals surface area contributed by atoms with Crippen LogP contribution in [-0.4, -0.2) is 50.8 Å². The van der Waals surface area contributed by atoms with Crippen molar-refractivity contribution in [3.63, 3.8) is 0 Å². The summed E-state index contributed by atoms with van der Waals surface area (Å²) in [6, 6.07) is 15.0. The number of ether oxygens (including phenoxy) is 1. The van der Waals surface area contributed by atoms with Crippen LogP contribution in [0.2, 0.25) is 0 Å². The highest BCUT2D eigenvalue weighted by molar-refractivity contribution is 7.92. The van der Waals surface area contributed by atoms with E-state index in [0.29, 0.717) is 5.56 Å². The molecule has 0 spiro atoms. The fourth-order valence-electron chi connectivity index (χ4n) is 4.64. The first-order valence-corrected chi connectivity index (χ1v) is 13.7. The molecule has 13 heteroatoms. The van der Waals surface area contributed by atoms with Crippen LogP contribution in [0.4, 0.5) is 5.82 Å². The molecule has 0 saturated carbocycles. The highest BCUT2D eigenvalue weighted by Gasteiger charge is 2.41. The Balaban J connectivity index is 1.56. The van der Waals surface area contributed by atoms with Gasteiger partial charge in [0.1, 0.15) is 12.3 Å². The molecule has 1 aliphatic rings. The second kappa shape index (κ2) is 10.6. The predicted molar refractivity (Wildman–Crippen MR) is 142 cm³/mol. The second-order valence-corrected chi connectivity index (χ2v) is 11.3. The highest BCUT2D eigenvalue weighted by Crippen LogP contribution is 2.38. The number of rotatable bonds is 8. The minimum Gasteiger partial charge on any atom is -0.394 e. The van der Waals surface area contributed by atoms with Crippen LogP contribution in [0.15, 0.2) is 81.5 Å². The lowest BCUT2D eigenvalue weighted by Gasteiger charge is -2.27. The van der Waals surface area contributed by atoms with Gasteiger partial charge in [-0.2, -0.15) is 0 Å². The quantitative estimate of drug-likeness (QED) is 0.335. The third-order valence-corrected chi connectivity index (χ3v) is 8.51. The van der Waals surface area contributed by atoms with Crippen LogP contribution in [0.3, 0.4) is 0 Å². The van der Waals surface area contributed by atoms with Gasteiger partial charge in [-0.3, -0.25) is 14.3 Å². The number of nitrogens with one attached hydrogen (secondary N) is 1. The number of aliphatic hydroxyl groups is 1. The number of aryl methyl sites for hydroxylation is 2. The molecule has 3 atom stereocenters. The van der Waals surface area contributed by atoms with Crippen molar-refractivity contribution in [1.29, 1.82) is 0 Å². The minimum absolute atomic E-state index is 0.00377. The molecule has 1 saturated heterocycles. The molecular weight excluding hydrogens is 524 g/mol. The summed E-state index contributed by atoms with van der Waals surface area (Å²) in [6.45, 7) is 3.03. The van der Waals surface area contributed by atoms with E-state index in [1.165, 1.54) is 25.9 Å². The lowest BCUT2D eigenvalue weighted by Crippen LogP contribution is -2.34. The first kappa shape index (κ1) is 26.5. The Labute approximate surface area is 224 Å². The Kier molecular flexibility index (Phi) is 7.21. The normalized spacial score (nSPS) is 19.3. The molecule has 39 heavy (non-hydrogen) atoms. The number of hydrogen-bond donors (Lipinski definition) is 2. The van der Waals surface area contributed by atoms with Gasteiger partial charge in [0.2, 0.25) is 0 Å². The van der Waals surface area contributed by atoms with Crippen molar-refractivity contribution in [2.24, 2.45) is 0 Å². The van der Waals surface area contributed by atoms with Gasteiger partial charge in [0.05, 0.1) is 30.3 Å². The lowest BCUT2D eigenvalue weighted by atomic mass is 10.1. The number of nitrogens with zero attached hydrogens (tertiary/aromatic N) is 5. The third-order valence-electron chi connectivity index (χ3n) is 6.74. The van der Waals surface area contributed by atoms with Gasteiger partial charge in [-0.05, 0) is 31.5 Å². The molecule has 2 N–H and O–H groups in total. The van der Waals surface area contributed by atoms with Crippen molar-refractivity contribution < 1.29 is 18.3 Å². The number of sulfonamides is 1. The van der Waals surface area contributed by atoms with Gasteiger partial charge in [-0.15, -0.1) is 5.10 Å². The summed E-state index contributed by atoms with van der Waals surface area (Å²) in [5.41, 5.74) is 0.834. The maximum atomic E-state index is 14.0. The summed E-state index contributed by atoms with van der Waals surface area (Å²) < 4.78 is 37.8. The molecule has 2 aromatic heterocycles. The third kappa shape index (κ3) is 5.15. The van der Waals surface area contributed by atoms with Gasteiger partial charge in [0.15, 0.2) is 5.82 Å². The molecule has 0 unspecified atom stereocenters. The van der Waals surface area contributed by atoms with Crippen LogP contribution < -0.4 is 15.6 Å². The van der Waals surface area contributed by atoms with E-state index in [0.717, 1.165) is 11.1 Å². The standard InChI is InChI=1S/C26H28N6O6S/c1-17-8-10-20(11-9-17)39(36,37)31(15-19-6-4-3-5-7-19)23-13-27-29-32(23)21-12-24(38-22(21)16-33)30-14-18(2)25(34)28-26(30)35/h3-11,13-14,21-22,24,33H,12,15-16H2,1-2H3,(H,28,34,35)/t21-,22+,24+/m1/s1. The van der Waals surface area contributed by atoms with Gasteiger partial charge >= 0.3 is 5.69 Å². The summed E-state index contributed by atoms with van der Waals surface area (Å²) in [4.78, 5) is 26.7. The highest BCUT2D eigenvalue weighted by atomic mass is 32.2. The molecule has 0 aliphatic carbocycles. The Bertz CT molecular complexity index is 1680. The number of H-pyrrole nitrogens is 1. The summed E-state index contributed by atoms with van der Waals surface area (Å²) in [7, 11) is -4.06. The van der Waals surface area contributed by atoms with E-state index in [2.05, 4.69) is 15.3 Å². The molecular formula is C26H28N6O6S. The van der Waals surface area contributed by atoms with Gasteiger partial charge in [0, 0.05) is 18.2 Å². The average molecular weight is 553 g/mol. The SMILES string of the molecule is Cc1ccc(S(=O)(=O)N(Cc2ccccc2)c2cnnn2[C@@H]2C[C@@H](n3cc(C)c(=O)[nH]c3=O)O[C@H]2CO)cc1.